The molecule has 6 nitrogen and oxygen atoms in total. The van der Waals surface area contributed by atoms with Crippen LogP contribution in [0, 0.1) is 5.92 Å². The standard InChI is InChI=1S/C16H33N5O.HI/c1-6-8-21-9-7-13(12-21)10-18-15(17-5)19-11-14(22)20-16(2,3)4;/h13H,6-12H2,1-5H3,(H,20,22)(H2,17,18,19);1H. The van der Waals surface area contributed by atoms with E-state index in [1.54, 1.807) is 7.05 Å². The lowest BCUT2D eigenvalue weighted by molar-refractivity contribution is -0.121. The van der Waals surface area contributed by atoms with Crippen LogP contribution in [0.1, 0.15) is 40.5 Å². The highest BCUT2D eigenvalue weighted by Crippen LogP contribution is 2.15. The van der Waals surface area contributed by atoms with Crippen molar-refractivity contribution < 1.29 is 4.79 Å². The fraction of sp³-hybridized carbons (Fsp3) is 0.875. The largest absolute Gasteiger partial charge is 0.356 e. The maximum absolute atomic E-state index is 11.8. The van der Waals surface area contributed by atoms with Gasteiger partial charge in [-0.1, -0.05) is 6.92 Å². The number of nitrogens with one attached hydrogen (secondary N) is 3. The lowest BCUT2D eigenvalue weighted by atomic mass is 10.1. The fourth-order valence-corrected chi connectivity index (χ4v) is 2.69. The van der Waals surface area contributed by atoms with Crippen molar-refractivity contribution in [2.75, 3.05) is 39.8 Å². The number of rotatable bonds is 6. The first kappa shape index (κ1) is 22.4. The molecule has 0 aliphatic carbocycles. The molecule has 0 aromatic carbocycles. The molecule has 0 bridgehead atoms. The Kier molecular flexibility index (Phi) is 10.8. The predicted octanol–water partition coefficient (Wildman–Crippen LogP) is 1.42. The van der Waals surface area contributed by atoms with Crippen LogP contribution in [-0.2, 0) is 4.79 Å². The average molecular weight is 439 g/mol. The average Bonchev–Trinajstić information content (AvgIpc) is 2.85. The summed E-state index contributed by atoms with van der Waals surface area (Å²) >= 11 is 0. The third-order valence-corrected chi connectivity index (χ3v) is 3.62. The summed E-state index contributed by atoms with van der Waals surface area (Å²) in [4.78, 5) is 18.5. The van der Waals surface area contributed by atoms with Crippen LogP contribution >= 0.6 is 24.0 Å². The van der Waals surface area contributed by atoms with Crippen LogP contribution in [0.2, 0.25) is 0 Å². The molecule has 1 fully saturated rings. The summed E-state index contributed by atoms with van der Waals surface area (Å²) in [7, 11) is 1.73. The van der Waals surface area contributed by atoms with Crippen molar-refractivity contribution in [2.45, 2.75) is 46.1 Å². The van der Waals surface area contributed by atoms with Crippen LogP contribution in [0.4, 0.5) is 0 Å². The summed E-state index contributed by atoms with van der Waals surface area (Å²) in [5.74, 6) is 1.33. The van der Waals surface area contributed by atoms with E-state index in [4.69, 9.17) is 0 Å². The molecule has 1 aliphatic rings. The molecule has 1 amide bonds. The summed E-state index contributed by atoms with van der Waals surface area (Å²) in [6.45, 7) is 12.8. The molecule has 0 spiro atoms. The van der Waals surface area contributed by atoms with E-state index in [1.807, 2.05) is 20.8 Å². The molecule has 1 heterocycles. The highest BCUT2D eigenvalue weighted by atomic mass is 127. The van der Waals surface area contributed by atoms with Gasteiger partial charge in [0.25, 0.3) is 0 Å². The summed E-state index contributed by atoms with van der Waals surface area (Å²) in [5.41, 5.74) is -0.206. The van der Waals surface area contributed by atoms with Gasteiger partial charge >= 0.3 is 0 Å². The zero-order valence-electron chi connectivity index (χ0n) is 15.2. The van der Waals surface area contributed by atoms with Gasteiger partial charge in [0.2, 0.25) is 5.91 Å². The normalized spacial score (nSPS) is 19.2. The Hall–Kier alpha value is -0.570. The van der Waals surface area contributed by atoms with Gasteiger partial charge in [-0.15, -0.1) is 24.0 Å². The van der Waals surface area contributed by atoms with E-state index in [2.05, 4.69) is 32.8 Å². The van der Waals surface area contributed by atoms with Crippen molar-refractivity contribution >= 4 is 35.8 Å². The first-order valence-corrected chi connectivity index (χ1v) is 8.32. The Bertz CT molecular complexity index is 381. The Morgan fingerprint density at radius 3 is 2.57 bits per heavy atom. The monoisotopic (exact) mass is 439 g/mol. The second-order valence-electron chi connectivity index (χ2n) is 7.06. The van der Waals surface area contributed by atoms with E-state index in [9.17, 15) is 4.79 Å². The molecule has 0 aromatic heterocycles. The zero-order valence-corrected chi connectivity index (χ0v) is 17.6. The molecule has 136 valence electrons. The van der Waals surface area contributed by atoms with Gasteiger partial charge < -0.3 is 20.9 Å². The molecular formula is C16H34IN5O. The molecule has 1 atom stereocenters. The van der Waals surface area contributed by atoms with Gasteiger partial charge in [0.15, 0.2) is 5.96 Å². The minimum atomic E-state index is -0.206. The zero-order chi connectivity index (χ0) is 16.6. The topological polar surface area (TPSA) is 68.8 Å². The molecule has 23 heavy (non-hydrogen) atoms. The van der Waals surface area contributed by atoms with E-state index in [0.717, 1.165) is 13.1 Å². The third-order valence-electron chi connectivity index (χ3n) is 3.62. The van der Waals surface area contributed by atoms with E-state index < -0.39 is 0 Å². The first-order chi connectivity index (χ1) is 10.3. The van der Waals surface area contributed by atoms with Crippen LogP contribution in [0.5, 0.6) is 0 Å². The van der Waals surface area contributed by atoms with Crippen molar-refractivity contribution in [3.8, 4) is 0 Å². The SMILES string of the molecule is CCCN1CCC(CNC(=NC)NCC(=O)NC(C)(C)C)C1.I. The maximum atomic E-state index is 11.8. The first-order valence-electron chi connectivity index (χ1n) is 8.32. The lowest BCUT2D eigenvalue weighted by Crippen LogP contribution is -2.48. The number of likely N-dealkylation sites (tertiary alicyclic amines) is 1. The van der Waals surface area contributed by atoms with Crippen LogP contribution < -0.4 is 16.0 Å². The van der Waals surface area contributed by atoms with E-state index in [1.165, 1.54) is 25.9 Å². The highest BCUT2D eigenvalue weighted by molar-refractivity contribution is 14.0. The van der Waals surface area contributed by atoms with E-state index in [-0.39, 0.29) is 42.0 Å². The van der Waals surface area contributed by atoms with Gasteiger partial charge in [0, 0.05) is 25.7 Å². The molecule has 0 saturated carbocycles. The smallest absolute Gasteiger partial charge is 0.239 e. The Balaban J connectivity index is 0.00000484. The molecule has 0 radical (unpaired) electrons. The summed E-state index contributed by atoms with van der Waals surface area (Å²) in [6.07, 6.45) is 2.45. The second-order valence-corrected chi connectivity index (χ2v) is 7.06. The molecule has 1 aliphatic heterocycles. The Morgan fingerprint density at radius 1 is 1.30 bits per heavy atom. The number of hydrogen-bond acceptors (Lipinski definition) is 3. The number of guanidine groups is 1. The minimum absolute atomic E-state index is 0. The number of carbonyl (C=O) groups is 1. The number of halogens is 1. The van der Waals surface area contributed by atoms with Crippen LogP contribution in [-0.4, -0.2) is 62.1 Å². The Morgan fingerprint density at radius 2 is 2.00 bits per heavy atom. The number of aliphatic imine (C=N–C) groups is 1. The summed E-state index contributed by atoms with van der Waals surface area (Å²) in [6, 6.07) is 0. The van der Waals surface area contributed by atoms with Crippen molar-refractivity contribution in [1.29, 1.82) is 0 Å². The number of amides is 1. The molecular weight excluding hydrogens is 405 g/mol. The molecule has 1 unspecified atom stereocenters. The number of hydrogen-bond donors (Lipinski definition) is 3. The summed E-state index contributed by atoms with van der Waals surface area (Å²) in [5, 5.41) is 9.31. The van der Waals surface area contributed by atoms with E-state index >= 15 is 0 Å². The maximum Gasteiger partial charge on any atom is 0.239 e. The van der Waals surface area contributed by atoms with Gasteiger partial charge in [0.05, 0.1) is 6.54 Å². The molecule has 3 N–H and O–H groups in total. The van der Waals surface area contributed by atoms with Gasteiger partial charge in [-0.2, -0.15) is 0 Å². The van der Waals surface area contributed by atoms with Crippen LogP contribution in [0.3, 0.4) is 0 Å². The van der Waals surface area contributed by atoms with Crippen molar-refractivity contribution in [3.05, 3.63) is 0 Å². The number of carbonyl (C=O) groups excluding carboxylic acids is 1. The summed E-state index contributed by atoms with van der Waals surface area (Å²) < 4.78 is 0. The fourth-order valence-electron chi connectivity index (χ4n) is 2.69. The van der Waals surface area contributed by atoms with Crippen molar-refractivity contribution in [2.24, 2.45) is 10.9 Å². The van der Waals surface area contributed by atoms with E-state index in [0.29, 0.717) is 11.9 Å². The predicted molar refractivity (Wildman–Crippen MR) is 108 cm³/mol. The van der Waals surface area contributed by atoms with Crippen molar-refractivity contribution in [1.82, 2.24) is 20.9 Å². The Labute approximate surface area is 158 Å². The van der Waals surface area contributed by atoms with Gasteiger partial charge in [-0.3, -0.25) is 9.79 Å². The molecule has 7 heteroatoms. The van der Waals surface area contributed by atoms with Crippen LogP contribution in [0.25, 0.3) is 0 Å². The third kappa shape index (κ3) is 10.0. The van der Waals surface area contributed by atoms with Gasteiger partial charge in [0.1, 0.15) is 0 Å². The molecule has 1 rings (SSSR count). The van der Waals surface area contributed by atoms with Crippen LogP contribution in [0.15, 0.2) is 4.99 Å². The highest BCUT2D eigenvalue weighted by Gasteiger charge is 2.21. The van der Waals surface area contributed by atoms with Gasteiger partial charge in [-0.25, -0.2) is 0 Å². The minimum Gasteiger partial charge on any atom is -0.356 e. The number of nitrogens with zero attached hydrogens (tertiary/aromatic N) is 2. The van der Waals surface area contributed by atoms with Crippen molar-refractivity contribution in [3.63, 3.8) is 0 Å². The second kappa shape index (κ2) is 11.1. The quantitative estimate of drug-likeness (QED) is 0.333. The lowest BCUT2D eigenvalue weighted by Gasteiger charge is -2.21. The molecule has 0 aromatic rings. The molecule has 1 saturated heterocycles. The van der Waals surface area contributed by atoms with Gasteiger partial charge in [-0.05, 0) is 52.6 Å².